The minimum absolute atomic E-state index is 0.226. The number of hydrogen-bond donors (Lipinski definition) is 0. The third kappa shape index (κ3) is 3.69. The predicted molar refractivity (Wildman–Crippen MR) is 92.9 cm³/mol. The van der Waals surface area contributed by atoms with Gasteiger partial charge in [-0.15, -0.1) is 0 Å². The summed E-state index contributed by atoms with van der Waals surface area (Å²) in [5, 5.41) is 3.89. The zero-order valence-electron chi connectivity index (χ0n) is 14.6. The van der Waals surface area contributed by atoms with Crippen molar-refractivity contribution in [2.75, 3.05) is 19.7 Å². The Labute approximate surface area is 148 Å². The number of aromatic nitrogens is 2. The molecule has 0 spiro atoms. The quantitative estimate of drug-likeness (QED) is 0.782. The molecule has 0 saturated carbocycles. The van der Waals surface area contributed by atoms with E-state index in [0.717, 1.165) is 19.3 Å². The van der Waals surface area contributed by atoms with E-state index in [-0.39, 0.29) is 10.8 Å². The van der Waals surface area contributed by atoms with Gasteiger partial charge in [-0.25, -0.2) is 8.42 Å². The first-order valence-electron chi connectivity index (χ1n) is 8.66. The van der Waals surface area contributed by atoms with Crippen molar-refractivity contribution in [3.05, 3.63) is 24.0 Å². The molecule has 136 valence electrons. The molecular formula is C17H23N3O4S. The Balaban J connectivity index is 2.02. The largest absolute Gasteiger partial charge is 0.493 e. The van der Waals surface area contributed by atoms with Crippen molar-refractivity contribution < 1.29 is 17.7 Å². The number of nitrogens with zero attached hydrogens (tertiary/aromatic N) is 3. The van der Waals surface area contributed by atoms with Crippen LogP contribution in [0.1, 0.15) is 38.9 Å². The maximum Gasteiger partial charge on any atom is 0.261 e. The van der Waals surface area contributed by atoms with Crippen LogP contribution in [0.2, 0.25) is 0 Å². The van der Waals surface area contributed by atoms with Crippen LogP contribution in [0.3, 0.4) is 0 Å². The maximum atomic E-state index is 12.9. The Kier molecular flexibility index (Phi) is 5.39. The van der Waals surface area contributed by atoms with Crippen molar-refractivity contribution in [2.24, 2.45) is 0 Å². The number of piperidine rings is 1. The molecule has 8 heteroatoms. The van der Waals surface area contributed by atoms with Crippen LogP contribution >= 0.6 is 0 Å². The van der Waals surface area contributed by atoms with Crippen molar-refractivity contribution in [1.82, 2.24) is 14.4 Å². The average molecular weight is 365 g/mol. The second-order valence-corrected chi connectivity index (χ2v) is 7.86. The summed E-state index contributed by atoms with van der Waals surface area (Å²) in [6.45, 7) is 5.37. The van der Waals surface area contributed by atoms with Gasteiger partial charge in [0.25, 0.3) is 5.89 Å². The van der Waals surface area contributed by atoms with E-state index in [1.54, 1.807) is 22.5 Å². The Morgan fingerprint density at radius 2 is 1.96 bits per heavy atom. The molecule has 0 atom stereocenters. The number of benzene rings is 1. The molecule has 7 nitrogen and oxygen atoms in total. The van der Waals surface area contributed by atoms with Crippen LogP contribution in [0.25, 0.3) is 11.5 Å². The molecule has 0 N–H and O–H groups in total. The minimum atomic E-state index is -3.54. The topological polar surface area (TPSA) is 85.5 Å². The van der Waals surface area contributed by atoms with E-state index in [4.69, 9.17) is 9.26 Å². The predicted octanol–water partition coefficient (Wildman–Crippen LogP) is 2.87. The first-order valence-corrected chi connectivity index (χ1v) is 10.1. The van der Waals surface area contributed by atoms with Crippen LogP contribution in [0, 0.1) is 0 Å². The van der Waals surface area contributed by atoms with Gasteiger partial charge >= 0.3 is 0 Å². The summed E-state index contributed by atoms with van der Waals surface area (Å²) in [4.78, 5) is 4.54. The number of rotatable bonds is 6. The maximum absolute atomic E-state index is 12.9. The minimum Gasteiger partial charge on any atom is -0.493 e. The first kappa shape index (κ1) is 17.9. The molecule has 0 unspecified atom stereocenters. The summed E-state index contributed by atoms with van der Waals surface area (Å²) >= 11 is 0. The monoisotopic (exact) mass is 365 g/mol. The van der Waals surface area contributed by atoms with Crippen LogP contribution in [0.5, 0.6) is 5.75 Å². The van der Waals surface area contributed by atoms with Gasteiger partial charge < -0.3 is 9.26 Å². The summed E-state index contributed by atoms with van der Waals surface area (Å²) in [5.41, 5.74) is 0.507. The van der Waals surface area contributed by atoms with Crippen molar-refractivity contribution in [3.8, 4) is 17.2 Å². The molecule has 1 saturated heterocycles. The summed E-state index contributed by atoms with van der Waals surface area (Å²) in [7, 11) is -3.54. The molecule has 3 rings (SSSR count). The Hall–Kier alpha value is -1.93. The fraction of sp³-hybridized carbons (Fsp3) is 0.529. The smallest absolute Gasteiger partial charge is 0.261 e. The summed E-state index contributed by atoms with van der Waals surface area (Å²) < 4.78 is 38.3. The van der Waals surface area contributed by atoms with E-state index in [2.05, 4.69) is 10.1 Å². The average Bonchev–Trinajstić information content (AvgIpc) is 3.12. The van der Waals surface area contributed by atoms with Gasteiger partial charge in [-0.05, 0) is 38.0 Å². The molecule has 0 aliphatic carbocycles. The van der Waals surface area contributed by atoms with E-state index < -0.39 is 10.0 Å². The van der Waals surface area contributed by atoms with Gasteiger partial charge in [0.15, 0.2) is 5.82 Å². The Morgan fingerprint density at radius 3 is 2.60 bits per heavy atom. The van der Waals surface area contributed by atoms with E-state index in [0.29, 0.717) is 43.3 Å². The van der Waals surface area contributed by atoms with Crippen molar-refractivity contribution in [1.29, 1.82) is 0 Å². The Morgan fingerprint density at radius 1 is 1.20 bits per heavy atom. The lowest BCUT2D eigenvalue weighted by Crippen LogP contribution is -2.35. The number of aryl methyl sites for hydroxylation is 1. The summed E-state index contributed by atoms with van der Waals surface area (Å²) in [5.74, 6) is 1.38. The summed E-state index contributed by atoms with van der Waals surface area (Å²) in [6, 6.07) is 4.81. The van der Waals surface area contributed by atoms with E-state index in [1.807, 2.05) is 13.8 Å². The molecule has 2 heterocycles. The molecular weight excluding hydrogens is 342 g/mol. The molecule has 25 heavy (non-hydrogen) atoms. The molecule has 1 aromatic carbocycles. The van der Waals surface area contributed by atoms with Crippen LogP contribution in [-0.2, 0) is 16.4 Å². The number of sulfonamides is 1. The molecule has 1 aliphatic heterocycles. The van der Waals surface area contributed by atoms with Crippen LogP contribution in [0.15, 0.2) is 27.6 Å². The lowest BCUT2D eigenvalue weighted by Gasteiger charge is -2.26. The van der Waals surface area contributed by atoms with Crippen LogP contribution in [-0.4, -0.2) is 42.6 Å². The number of hydrogen-bond acceptors (Lipinski definition) is 6. The molecule has 1 fully saturated rings. The zero-order chi connectivity index (χ0) is 17.9. The highest BCUT2D eigenvalue weighted by molar-refractivity contribution is 7.89. The lowest BCUT2D eigenvalue weighted by atomic mass is 10.2. The van der Waals surface area contributed by atoms with Crippen molar-refractivity contribution in [2.45, 2.75) is 44.4 Å². The second kappa shape index (κ2) is 7.53. The van der Waals surface area contributed by atoms with Crippen LogP contribution < -0.4 is 4.74 Å². The molecule has 0 amide bonds. The lowest BCUT2D eigenvalue weighted by molar-refractivity contribution is 0.338. The third-order valence-corrected chi connectivity index (χ3v) is 6.11. The fourth-order valence-corrected chi connectivity index (χ4v) is 4.42. The normalized spacial score (nSPS) is 16.1. The SMILES string of the molecule is CCOc1ccc(S(=O)(=O)N2CCCCC2)cc1-c1nc(CC)no1. The van der Waals surface area contributed by atoms with Gasteiger partial charge in [-0.2, -0.15) is 9.29 Å². The van der Waals surface area contributed by atoms with Gasteiger partial charge in [0.05, 0.1) is 17.1 Å². The van der Waals surface area contributed by atoms with E-state index in [9.17, 15) is 8.42 Å². The van der Waals surface area contributed by atoms with Crippen LogP contribution in [0.4, 0.5) is 0 Å². The Bertz CT molecular complexity index is 826. The molecule has 1 aliphatic rings. The summed E-state index contributed by atoms with van der Waals surface area (Å²) in [6.07, 6.45) is 3.50. The highest BCUT2D eigenvalue weighted by atomic mass is 32.2. The van der Waals surface area contributed by atoms with Gasteiger partial charge in [-0.1, -0.05) is 18.5 Å². The van der Waals surface area contributed by atoms with Crippen molar-refractivity contribution >= 4 is 10.0 Å². The number of ether oxygens (including phenoxy) is 1. The zero-order valence-corrected chi connectivity index (χ0v) is 15.4. The highest BCUT2D eigenvalue weighted by Gasteiger charge is 2.27. The fourth-order valence-electron chi connectivity index (χ4n) is 2.88. The standard InChI is InChI=1S/C17H23N3O4S/c1-3-16-18-17(24-19-16)14-12-13(8-9-15(14)23-4-2)25(21,22)20-10-6-5-7-11-20/h8-9,12H,3-7,10-11H2,1-2H3. The van der Waals surface area contributed by atoms with Gasteiger partial charge in [0.2, 0.25) is 10.0 Å². The molecule has 1 aromatic heterocycles. The molecule has 0 radical (unpaired) electrons. The molecule has 2 aromatic rings. The third-order valence-electron chi connectivity index (χ3n) is 4.22. The second-order valence-electron chi connectivity index (χ2n) is 5.93. The van der Waals surface area contributed by atoms with E-state index >= 15 is 0 Å². The highest BCUT2D eigenvalue weighted by Crippen LogP contribution is 2.33. The first-order chi connectivity index (χ1) is 12.1. The van der Waals surface area contributed by atoms with E-state index in [1.165, 1.54) is 0 Å². The molecule has 0 bridgehead atoms. The van der Waals surface area contributed by atoms with Crippen molar-refractivity contribution in [3.63, 3.8) is 0 Å². The van der Waals surface area contributed by atoms with Gasteiger partial charge in [-0.3, -0.25) is 0 Å². The van der Waals surface area contributed by atoms with Gasteiger partial charge in [0, 0.05) is 19.5 Å². The van der Waals surface area contributed by atoms with Gasteiger partial charge in [0.1, 0.15) is 5.75 Å².